The summed E-state index contributed by atoms with van der Waals surface area (Å²) in [7, 11) is 0. The van der Waals surface area contributed by atoms with Crippen LogP contribution in [-0.2, 0) is 10.2 Å². The highest BCUT2D eigenvalue weighted by Crippen LogP contribution is 2.35. The van der Waals surface area contributed by atoms with Gasteiger partial charge in [0.2, 0.25) is 0 Å². The minimum atomic E-state index is -0.498. The first-order valence-corrected chi connectivity index (χ1v) is 12.6. The summed E-state index contributed by atoms with van der Waals surface area (Å²) < 4.78 is 21.4. The number of rotatable bonds is 6. The van der Waals surface area contributed by atoms with Crippen molar-refractivity contribution in [3.63, 3.8) is 0 Å². The van der Waals surface area contributed by atoms with E-state index in [2.05, 4.69) is 33.6 Å². The molecule has 1 atom stereocenters. The second-order valence-electron chi connectivity index (χ2n) is 10.5. The molecule has 186 valence electrons. The predicted octanol–water partition coefficient (Wildman–Crippen LogP) is 4.93. The maximum absolute atomic E-state index is 15.2. The Bertz CT molecular complexity index is 995. The molecule has 4 heterocycles. The third-order valence-corrected chi connectivity index (χ3v) is 7.13. The molecule has 2 aromatic rings. The van der Waals surface area contributed by atoms with Gasteiger partial charge in [0, 0.05) is 43.9 Å². The van der Waals surface area contributed by atoms with Crippen LogP contribution in [0.25, 0.3) is 0 Å². The van der Waals surface area contributed by atoms with Crippen molar-refractivity contribution in [1.29, 1.82) is 0 Å². The number of halogens is 2. The van der Waals surface area contributed by atoms with Crippen molar-refractivity contribution in [3.05, 3.63) is 46.8 Å². The Hall–Kier alpha value is -1.96. The highest BCUT2D eigenvalue weighted by atomic mass is 35.5. The fraction of sp³-hybridized carbons (Fsp3) is 0.615. The van der Waals surface area contributed by atoms with Gasteiger partial charge in [0.15, 0.2) is 0 Å². The highest BCUT2D eigenvalue weighted by molar-refractivity contribution is 6.30. The van der Waals surface area contributed by atoms with Crippen LogP contribution in [0.15, 0.2) is 24.5 Å². The molecule has 2 aliphatic rings. The van der Waals surface area contributed by atoms with Crippen LogP contribution in [-0.4, -0.2) is 60.1 Å². The van der Waals surface area contributed by atoms with Crippen molar-refractivity contribution in [1.82, 2.24) is 9.97 Å². The fourth-order valence-corrected chi connectivity index (χ4v) is 5.24. The topological polar surface area (TPSA) is 61.7 Å². The molecule has 2 aromatic heterocycles. The van der Waals surface area contributed by atoms with Crippen LogP contribution in [0.1, 0.15) is 64.3 Å². The zero-order valence-corrected chi connectivity index (χ0v) is 21.4. The Kier molecular flexibility index (Phi) is 7.65. The van der Waals surface area contributed by atoms with Crippen molar-refractivity contribution in [2.24, 2.45) is 0 Å². The van der Waals surface area contributed by atoms with Gasteiger partial charge in [-0.05, 0) is 31.2 Å². The molecule has 1 unspecified atom stereocenters. The first-order chi connectivity index (χ1) is 16.1. The van der Waals surface area contributed by atoms with Crippen molar-refractivity contribution < 1.29 is 14.2 Å². The van der Waals surface area contributed by atoms with Crippen LogP contribution in [0.4, 0.5) is 15.8 Å². The van der Waals surface area contributed by atoms with E-state index in [9.17, 15) is 5.11 Å². The third-order valence-electron chi connectivity index (χ3n) is 6.93. The summed E-state index contributed by atoms with van der Waals surface area (Å²) in [6.45, 7) is 11.8. The molecule has 0 aliphatic carbocycles. The Labute approximate surface area is 207 Å². The van der Waals surface area contributed by atoms with Gasteiger partial charge >= 0.3 is 0 Å². The van der Waals surface area contributed by atoms with Crippen molar-refractivity contribution in [2.45, 2.75) is 70.5 Å². The van der Waals surface area contributed by atoms with Gasteiger partial charge in [-0.3, -0.25) is 9.97 Å². The second-order valence-corrected chi connectivity index (χ2v) is 10.9. The van der Waals surface area contributed by atoms with Gasteiger partial charge in [0.1, 0.15) is 5.82 Å². The van der Waals surface area contributed by atoms with Crippen LogP contribution >= 0.6 is 11.6 Å². The van der Waals surface area contributed by atoms with Gasteiger partial charge in [0.05, 0.1) is 52.8 Å². The van der Waals surface area contributed by atoms with Gasteiger partial charge in [-0.2, -0.15) is 0 Å². The number of piperidine rings is 1. The average molecular weight is 491 g/mol. The standard InChI is InChI=1S/C26H36ClFN4O2/c1-17(2)24-23(11-18(27)14-29-24)32-9-10-34-21(16-32)13-26(3,4)25-22(28)12-19(15-30-25)31-7-5-20(33)6-8-31/h11-12,14-15,17,20-21,33H,5-10,13,16H2,1-4H3. The fourth-order valence-electron chi connectivity index (χ4n) is 5.09. The molecule has 0 bridgehead atoms. The summed E-state index contributed by atoms with van der Waals surface area (Å²) >= 11 is 6.27. The lowest BCUT2D eigenvalue weighted by atomic mass is 9.82. The molecule has 4 rings (SSSR count). The molecule has 0 amide bonds. The van der Waals surface area contributed by atoms with Gasteiger partial charge in [-0.25, -0.2) is 4.39 Å². The molecular formula is C26H36ClFN4O2. The summed E-state index contributed by atoms with van der Waals surface area (Å²) in [4.78, 5) is 13.5. The summed E-state index contributed by atoms with van der Waals surface area (Å²) in [5, 5.41) is 10.4. The number of aliphatic hydroxyl groups is 1. The lowest BCUT2D eigenvalue weighted by Gasteiger charge is -2.39. The number of ether oxygens (including phenoxy) is 1. The van der Waals surface area contributed by atoms with Crippen LogP contribution in [0.5, 0.6) is 0 Å². The van der Waals surface area contributed by atoms with E-state index in [4.69, 9.17) is 16.3 Å². The molecule has 2 aliphatic heterocycles. The quantitative estimate of drug-likeness (QED) is 0.619. The molecule has 0 radical (unpaired) electrons. The van der Waals surface area contributed by atoms with E-state index >= 15 is 4.39 Å². The first kappa shape index (κ1) is 25.1. The van der Waals surface area contributed by atoms with Crippen molar-refractivity contribution in [3.8, 4) is 0 Å². The Morgan fingerprint density at radius 2 is 1.88 bits per heavy atom. The molecule has 8 heteroatoms. The Balaban J connectivity index is 1.47. The van der Waals surface area contributed by atoms with E-state index < -0.39 is 5.41 Å². The molecule has 34 heavy (non-hydrogen) atoms. The maximum Gasteiger partial charge on any atom is 0.147 e. The van der Waals surface area contributed by atoms with E-state index in [0.29, 0.717) is 56.2 Å². The summed E-state index contributed by atoms with van der Waals surface area (Å²) in [6.07, 6.45) is 5.18. The molecule has 2 fully saturated rings. The summed E-state index contributed by atoms with van der Waals surface area (Å²) in [5.41, 5.74) is 2.81. The Morgan fingerprint density at radius 1 is 1.15 bits per heavy atom. The van der Waals surface area contributed by atoms with E-state index in [-0.39, 0.29) is 23.9 Å². The van der Waals surface area contributed by atoms with E-state index in [1.807, 2.05) is 19.9 Å². The lowest BCUT2D eigenvalue weighted by Crippen LogP contribution is -2.45. The SMILES string of the molecule is CC(C)c1ncc(Cl)cc1N1CCOC(CC(C)(C)c2ncc(N3CCC(O)CC3)cc2F)C1. The van der Waals surface area contributed by atoms with Crippen LogP contribution in [0.3, 0.4) is 0 Å². The van der Waals surface area contributed by atoms with Gasteiger partial charge in [-0.1, -0.05) is 39.3 Å². The van der Waals surface area contributed by atoms with Gasteiger partial charge < -0.3 is 19.6 Å². The molecule has 1 N–H and O–H groups in total. The second kappa shape index (κ2) is 10.3. The zero-order chi connectivity index (χ0) is 24.5. The third kappa shape index (κ3) is 5.64. The van der Waals surface area contributed by atoms with Crippen LogP contribution in [0, 0.1) is 5.82 Å². The van der Waals surface area contributed by atoms with Crippen molar-refractivity contribution >= 4 is 23.0 Å². The minimum Gasteiger partial charge on any atom is -0.393 e. The largest absolute Gasteiger partial charge is 0.393 e. The van der Waals surface area contributed by atoms with Crippen LogP contribution < -0.4 is 9.80 Å². The lowest BCUT2D eigenvalue weighted by molar-refractivity contribution is 0.0222. The normalized spacial score (nSPS) is 20.3. The number of hydrogen-bond acceptors (Lipinski definition) is 6. The number of nitrogens with zero attached hydrogens (tertiary/aromatic N) is 4. The minimum absolute atomic E-state index is 0.0628. The van der Waals surface area contributed by atoms with Crippen molar-refractivity contribution in [2.75, 3.05) is 42.6 Å². The van der Waals surface area contributed by atoms with Crippen LogP contribution in [0.2, 0.25) is 5.02 Å². The number of aromatic nitrogens is 2. The molecular weight excluding hydrogens is 455 g/mol. The number of aliphatic hydroxyl groups excluding tert-OH is 1. The van der Waals surface area contributed by atoms with E-state index in [1.54, 1.807) is 18.5 Å². The van der Waals surface area contributed by atoms with E-state index in [1.165, 1.54) is 0 Å². The highest BCUT2D eigenvalue weighted by Gasteiger charge is 2.33. The number of anilines is 2. The monoisotopic (exact) mass is 490 g/mol. The zero-order valence-electron chi connectivity index (χ0n) is 20.6. The molecule has 6 nitrogen and oxygen atoms in total. The predicted molar refractivity (Wildman–Crippen MR) is 135 cm³/mol. The maximum atomic E-state index is 15.2. The molecule has 0 aromatic carbocycles. The first-order valence-electron chi connectivity index (χ1n) is 12.2. The smallest absolute Gasteiger partial charge is 0.147 e. The number of hydrogen-bond donors (Lipinski definition) is 1. The average Bonchev–Trinajstić information content (AvgIpc) is 2.79. The van der Waals surface area contributed by atoms with Gasteiger partial charge in [0.25, 0.3) is 0 Å². The Morgan fingerprint density at radius 3 is 2.56 bits per heavy atom. The van der Waals surface area contributed by atoms with E-state index in [0.717, 1.165) is 23.6 Å². The number of morpholine rings is 1. The van der Waals surface area contributed by atoms with Gasteiger partial charge in [-0.15, -0.1) is 0 Å². The molecule has 2 saturated heterocycles. The number of pyridine rings is 2. The molecule has 0 saturated carbocycles. The summed E-state index contributed by atoms with van der Waals surface area (Å²) in [6, 6.07) is 3.57. The summed E-state index contributed by atoms with van der Waals surface area (Å²) in [5.74, 6) is -0.00703. The molecule has 0 spiro atoms.